The topological polar surface area (TPSA) is 75.3 Å². The summed E-state index contributed by atoms with van der Waals surface area (Å²) in [6.07, 6.45) is 1.39. The van der Waals surface area contributed by atoms with E-state index in [4.69, 9.17) is 14.4 Å². The molecule has 0 aliphatic rings. The van der Waals surface area contributed by atoms with Crippen LogP contribution in [0.5, 0.6) is 5.75 Å². The zero-order chi connectivity index (χ0) is 16.1. The molecule has 0 radical (unpaired) electrons. The van der Waals surface area contributed by atoms with Crippen molar-refractivity contribution in [3.05, 3.63) is 49.9 Å². The van der Waals surface area contributed by atoms with Gasteiger partial charge in [-0.15, -0.1) is 0 Å². The number of hydrogen-bond acceptors (Lipinski definition) is 4. The van der Waals surface area contributed by atoms with Crippen LogP contribution in [0.4, 0.5) is 5.69 Å². The van der Waals surface area contributed by atoms with Crippen molar-refractivity contribution >= 4 is 56.2 Å². The van der Waals surface area contributed by atoms with Gasteiger partial charge < -0.3 is 14.5 Å². The first kappa shape index (κ1) is 16.6. The number of methoxy groups -OCH3 is 1. The maximum absolute atomic E-state index is 12.1. The minimum absolute atomic E-state index is 0.0477. The number of hydrogen-bond donors (Lipinski definition) is 1. The molecule has 0 unspecified atom stereocenters. The molecule has 0 bridgehead atoms. The molecule has 0 atom stereocenters. The minimum atomic E-state index is -0.504. The molecule has 5 nitrogen and oxygen atoms in total. The van der Waals surface area contributed by atoms with Gasteiger partial charge in [-0.05, 0) is 46.3 Å². The number of anilines is 1. The maximum atomic E-state index is 12.1. The number of carbonyl (C=O) groups is 1. The third kappa shape index (κ3) is 4.11. The van der Waals surface area contributed by atoms with Crippen LogP contribution >= 0.6 is 38.5 Å². The number of halogens is 2. The van der Waals surface area contributed by atoms with Crippen molar-refractivity contribution in [2.45, 2.75) is 0 Å². The molecule has 0 fully saturated rings. The largest absolute Gasteiger partial charge is 0.497 e. The Kier molecular flexibility index (Phi) is 5.63. The molecule has 2 rings (SSSR count). The Balaban J connectivity index is 2.16. The molecule has 0 aliphatic carbocycles. The van der Waals surface area contributed by atoms with Gasteiger partial charge in [0.1, 0.15) is 23.2 Å². The number of amides is 1. The highest BCUT2D eigenvalue weighted by Crippen LogP contribution is 2.24. The van der Waals surface area contributed by atoms with Crippen LogP contribution < -0.4 is 10.1 Å². The van der Waals surface area contributed by atoms with Crippen LogP contribution in [0.25, 0.3) is 6.08 Å². The van der Waals surface area contributed by atoms with E-state index in [-0.39, 0.29) is 5.57 Å². The fraction of sp³-hybridized carbons (Fsp3) is 0.0667. The second-order valence-electron chi connectivity index (χ2n) is 4.12. The van der Waals surface area contributed by atoms with Crippen molar-refractivity contribution < 1.29 is 13.9 Å². The van der Waals surface area contributed by atoms with E-state index in [0.29, 0.717) is 21.0 Å². The number of rotatable bonds is 4. The van der Waals surface area contributed by atoms with E-state index in [0.717, 1.165) is 4.47 Å². The van der Waals surface area contributed by atoms with Gasteiger partial charge in [0, 0.05) is 34.4 Å². The maximum Gasteiger partial charge on any atom is 0.266 e. The highest BCUT2D eigenvalue weighted by molar-refractivity contribution is 14.1. The van der Waals surface area contributed by atoms with E-state index in [2.05, 4.69) is 21.2 Å². The first-order valence-corrected chi connectivity index (χ1v) is 7.92. The molecule has 7 heteroatoms. The smallest absolute Gasteiger partial charge is 0.266 e. The van der Waals surface area contributed by atoms with E-state index >= 15 is 0 Å². The number of benzene rings is 1. The van der Waals surface area contributed by atoms with E-state index in [9.17, 15) is 4.79 Å². The molecule has 1 amide bonds. The Bertz CT molecular complexity index is 741. The van der Waals surface area contributed by atoms with Gasteiger partial charge in [-0.3, -0.25) is 4.79 Å². The molecule has 22 heavy (non-hydrogen) atoms. The Morgan fingerprint density at radius 3 is 2.64 bits per heavy atom. The van der Waals surface area contributed by atoms with Crippen molar-refractivity contribution in [2.75, 3.05) is 12.4 Å². The third-order valence-electron chi connectivity index (χ3n) is 2.66. The Morgan fingerprint density at radius 1 is 1.45 bits per heavy atom. The Morgan fingerprint density at radius 2 is 2.14 bits per heavy atom. The third-order valence-corrected chi connectivity index (χ3v) is 4.80. The lowest BCUT2D eigenvalue weighted by Crippen LogP contribution is -2.13. The Hall–Kier alpha value is -1.79. The summed E-state index contributed by atoms with van der Waals surface area (Å²) in [4.78, 5) is 12.1. The van der Waals surface area contributed by atoms with E-state index in [1.807, 2.05) is 28.7 Å². The van der Waals surface area contributed by atoms with Crippen LogP contribution in [0.2, 0.25) is 0 Å². The highest BCUT2D eigenvalue weighted by Gasteiger charge is 2.12. The summed E-state index contributed by atoms with van der Waals surface area (Å²) in [5, 5.41) is 11.8. The lowest BCUT2D eigenvalue weighted by Gasteiger charge is -2.05. The SMILES string of the molecule is COc1ccc(NC(=O)/C(C#N)=C\c2cc(Br)c(I)o2)cc1. The van der Waals surface area contributed by atoms with Gasteiger partial charge in [0.25, 0.3) is 5.91 Å². The molecule has 0 spiro atoms. The molecule has 1 aromatic carbocycles. The number of nitrogens with zero attached hydrogens (tertiary/aromatic N) is 1. The van der Waals surface area contributed by atoms with Gasteiger partial charge in [0.2, 0.25) is 0 Å². The van der Waals surface area contributed by atoms with Gasteiger partial charge in [0.15, 0.2) is 3.77 Å². The number of carbonyl (C=O) groups excluding carboxylic acids is 1. The lowest BCUT2D eigenvalue weighted by molar-refractivity contribution is -0.112. The summed E-state index contributed by atoms with van der Waals surface area (Å²) in [5.41, 5.74) is 0.524. The first-order valence-electron chi connectivity index (χ1n) is 6.05. The first-order chi connectivity index (χ1) is 10.5. The second kappa shape index (κ2) is 7.47. The van der Waals surface area contributed by atoms with Crippen molar-refractivity contribution in [3.8, 4) is 11.8 Å². The highest BCUT2D eigenvalue weighted by atomic mass is 127. The summed E-state index contributed by atoms with van der Waals surface area (Å²) in [5.74, 6) is 0.608. The summed E-state index contributed by atoms with van der Waals surface area (Å²) in [6.45, 7) is 0. The number of furan rings is 1. The lowest BCUT2D eigenvalue weighted by atomic mass is 10.2. The van der Waals surface area contributed by atoms with E-state index in [1.54, 1.807) is 37.4 Å². The zero-order valence-corrected chi connectivity index (χ0v) is 15.1. The molecule has 112 valence electrons. The van der Waals surface area contributed by atoms with Crippen molar-refractivity contribution in [1.82, 2.24) is 0 Å². The van der Waals surface area contributed by atoms with Crippen LogP contribution in [0, 0.1) is 15.1 Å². The van der Waals surface area contributed by atoms with Gasteiger partial charge in [0.05, 0.1) is 11.6 Å². The molecule has 1 aromatic heterocycles. The summed E-state index contributed by atoms with van der Waals surface area (Å²) in [6, 6.07) is 10.4. The van der Waals surface area contributed by atoms with Gasteiger partial charge in [-0.1, -0.05) is 0 Å². The second-order valence-corrected chi connectivity index (χ2v) is 5.96. The molecule has 0 aliphatic heterocycles. The number of ether oxygens (including phenoxy) is 1. The zero-order valence-electron chi connectivity index (χ0n) is 11.4. The molecule has 2 aromatic rings. The minimum Gasteiger partial charge on any atom is -0.497 e. The fourth-order valence-electron chi connectivity index (χ4n) is 1.60. The summed E-state index contributed by atoms with van der Waals surface area (Å²) >= 11 is 5.31. The molecular weight excluding hydrogens is 463 g/mol. The fourth-order valence-corrected chi connectivity index (χ4v) is 2.31. The molecule has 1 heterocycles. The quantitative estimate of drug-likeness (QED) is 0.411. The number of nitriles is 1. The van der Waals surface area contributed by atoms with Crippen LogP contribution in [0.3, 0.4) is 0 Å². The van der Waals surface area contributed by atoms with Crippen LogP contribution in [0.15, 0.2) is 44.8 Å². The average molecular weight is 473 g/mol. The molecular formula is C15H10BrIN2O3. The van der Waals surface area contributed by atoms with Crippen LogP contribution in [0.1, 0.15) is 5.76 Å². The van der Waals surface area contributed by atoms with Gasteiger partial charge in [-0.25, -0.2) is 0 Å². The monoisotopic (exact) mass is 472 g/mol. The van der Waals surface area contributed by atoms with Crippen LogP contribution in [-0.4, -0.2) is 13.0 Å². The van der Waals surface area contributed by atoms with E-state index < -0.39 is 5.91 Å². The average Bonchev–Trinajstić information content (AvgIpc) is 2.83. The standard InChI is InChI=1S/C15H10BrIN2O3/c1-21-11-4-2-10(3-5-11)19-15(20)9(8-18)6-12-7-13(16)14(17)22-12/h2-7H,1H3,(H,19,20)/b9-6-. The van der Waals surface area contributed by atoms with Crippen LogP contribution in [-0.2, 0) is 4.79 Å². The van der Waals surface area contributed by atoms with E-state index in [1.165, 1.54) is 6.08 Å². The van der Waals surface area contributed by atoms with Crippen molar-refractivity contribution in [1.29, 1.82) is 5.26 Å². The predicted molar refractivity (Wildman–Crippen MR) is 94.3 cm³/mol. The summed E-state index contributed by atoms with van der Waals surface area (Å²) in [7, 11) is 1.56. The molecule has 0 saturated carbocycles. The molecule has 1 N–H and O–H groups in total. The Labute approximate surface area is 149 Å². The van der Waals surface area contributed by atoms with Gasteiger partial charge >= 0.3 is 0 Å². The molecule has 0 saturated heterocycles. The predicted octanol–water partition coefficient (Wildman–Crippen LogP) is 4.20. The number of nitrogens with one attached hydrogen (secondary N) is 1. The summed E-state index contributed by atoms with van der Waals surface area (Å²) < 4.78 is 11.9. The van der Waals surface area contributed by atoms with Crippen molar-refractivity contribution in [3.63, 3.8) is 0 Å². The van der Waals surface area contributed by atoms with Gasteiger partial charge in [-0.2, -0.15) is 5.26 Å². The van der Waals surface area contributed by atoms with Crippen molar-refractivity contribution in [2.24, 2.45) is 0 Å². The normalized spacial score (nSPS) is 10.9.